The van der Waals surface area contributed by atoms with Crippen LogP contribution in [0.4, 0.5) is 5.69 Å². The summed E-state index contributed by atoms with van der Waals surface area (Å²) in [5.74, 6) is -0.413. The van der Waals surface area contributed by atoms with E-state index in [-0.39, 0.29) is 22.0 Å². The molecule has 0 aliphatic heterocycles. The average Bonchev–Trinajstić information content (AvgIpc) is 2.67. The predicted molar refractivity (Wildman–Crippen MR) is 113 cm³/mol. The van der Waals surface area contributed by atoms with E-state index in [0.717, 1.165) is 10.7 Å². The smallest absolute Gasteiger partial charge is 0.260 e. The van der Waals surface area contributed by atoms with Crippen molar-refractivity contribution in [2.45, 2.75) is 11.4 Å². The van der Waals surface area contributed by atoms with E-state index in [4.69, 9.17) is 11.6 Å². The number of carbonyl (C=O) groups is 1. The van der Waals surface area contributed by atoms with Crippen molar-refractivity contribution in [3.63, 3.8) is 0 Å². The highest BCUT2D eigenvalue weighted by Crippen LogP contribution is 2.27. The zero-order chi connectivity index (χ0) is 20.3. The summed E-state index contributed by atoms with van der Waals surface area (Å²) in [5.41, 5.74) is 1.44. The monoisotopic (exact) mass is 478 g/mol. The van der Waals surface area contributed by atoms with Gasteiger partial charge in [0.25, 0.3) is 5.91 Å². The van der Waals surface area contributed by atoms with Crippen molar-refractivity contribution >= 4 is 49.0 Å². The van der Waals surface area contributed by atoms with E-state index in [1.807, 2.05) is 24.3 Å². The number of benzene rings is 2. The van der Waals surface area contributed by atoms with Gasteiger partial charge in [-0.1, -0.05) is 33.6 Å². The summed E-state index contributed by atoms with van der Waals surface area (Å²) in [4.78, 5) is 19.2. The topological polar surface area (TPSA) is 67.3 Å². The van der Waals surface area contributed by atoms with Crippen molar-refractivity contribution in [2.75, 3.05) is 11.2 Å². The molecule has 0 unspecified atom stereocenters. The first kappa shape index (κ1) is 20.5. The van der Waals surface area contributed by atoms with Crippen LogP contribution in [0.3, 0.4) is 0 Å². The number of rotatable bonds is 5. The molecule has 0 saturated heterocycles. The predicted octanol–water partition coefficient (Wildman–Crippen LogP) is 4.75. The Morgan fingerprint density at radius 3 is 2.43 bits per heavy atom. The summed E-state index contributed by atoms with van der Waals surface area (Å²) in [6.45, 7) is 0.209. The van der Waals surface area contributed by atoms with Gasteiger partial charge in [-0.25, -0.2) is 8.42 Å². The molecule has 0 aliphatic carbocycles. The molecule has 0 saturated carbocycles. The molecular weight excluding hydrogens is 464 g/mol. The van der Waals surface area contributed by atoms with Gasteiger partial charge in [0.05, 0.1) is 27.7 Å². The van der Waals surface area contributed by atoms with E-state index in [0.29, 0.717) is 11.4 Å². The molecule has 28 heavy (non-hydrogen) atoms. The number of anilines is 1. The normalized spacial score (nSPS) is 11.2. The summed E-state index contributed by atoms with van der Waals surface area (Å²) < 4.78 is 24.7. The fourth-order valence-electron chi connectivity index (χ4n) is 2.60. The molecule has 0 radical (unpaired) electrons. The SMILES string of the molecule is CS(=O)(=O)c1ccc(Cl)c(C(=O)N(Cc2ccccn2)c2ccc(Br)cc2)c1. The molecule has 0 N–H and O–H groups in total. The molecule has 0 fully saturated rings. The van der Waals surface area contributed by atoms with Gasteiger partial charge in [-0.3, -0.25) is 9.78 Å². The molecule has 0 atom stereocenters. The Bertz CT molecular complexity index is 1100. The van der Waals surface area contributed by atoms with Crippen LogP contribution in [0, 0.1) is 0 Å². The molecule has 8 heteroatoms. The van der Waals surface area contributed by atoms with Gasteiger partial charge in [0.2, 0.25) is 0 Å². The Labute approximate surface area is 177 Å². The highest BCUT2D eigenvalue weighted by molar-refractivity contribution is 9.10. The van der Waals surface area contributed by atoms with Crippen molar-refractivity contribution in [1.82, 2.24) is 4.98 Å². The molecule has 3 aromatic rings. The maximum atomic E-state index is 13.3. The van der Waals surface area contributed by atoms with Gasteiger partial charge in [-0.15, -0.1) is 0 Å². The van der Waals surface area contributed by atoms with Crippen molar-refractivity contribution < 1.29 is 13.2 Å². The van der Waals surface area contributed by atoms with Gasteiger partial charge in [0, 0.05) is 22.6 Å². The number of halogens is 2. The second-order valence-electron chi connectivity index (χ2n) is 6.10. The second kappa shape index (κ2) is 8.43. The highest BCUT2D eigenvalue weighted by Gasteiger charge is 2.23. The third-order valence-electron chi connectivity index (χ3n) is 4.03. The molecule has 1 amide bonds. The van der Waals surface area contributed by atoms with Crippen LogP contribution in [-0.2, 0) is 16.4 Å². The van der Waals surface area contributed by atoms with Crippen LogP contribution in [0.5, 0.6) is 0 Å². The molecule has 0 bridgehead atoms. The molecule has 2 aromatic carbocycles. The summed E-state index contributed by atoms with van der Waals surface area (Å²) in [6, 6.07) is 16.8. The summed E-state index contributed by atoms with van der Waals surface area (Å²) >= 11 is 9.62. The lowest BCUT2D eigenvalue weighted by atomic mass is 10.1. The van der Waals surface area contributed by atoms with Crippen molar-refractivity contribution in [3.05, 3.63) is 87.6 Å². The molecule has 1 heterocycles. The van der Waals surface area contributed by atoms with E-state index in [1.54, 1.807) is 24.4 Å². The van der Waals surface area contributed by atoms with Crippen LogP contribution in [0.2, 0.25) is 5.02 Å². The van der Waals surface area contributed by atoms with E-state index >= 15 is 0 Å². The number of aromatic nitrogens is 1. The zero-order valence-corrected chi connectivity index (χ0v) is 18.0. The van der Waals surface area contributed by atoms with Gasteiger partial charge in [0.15, 0.2) is 9.84 Å². The minimum absolute atomic E-state index is 0.0360. The maximum absolute atomic E-state index is 13.3. The number of sulfone groups is 1. The van der Waals surface area contributed by atoms with E-state index < -0.39 is 15.7 Å². The van der Waals surface area contributed by atoms with E-state index in [2.05, 4.69) is 20.9 Å². The van der Waals surface area contributed by atoms with Gasteiger partial charge in [-0.2, -0.15) is 0 Å². The first-order valence-electron chi connectivity index (χ1n) is 8.22. The molecule has 144 valence electrons. The van der Waals surface area contributed by atoms with Gasteiger partial charge in [-0.05, 0) is 54.6 Å². The minimum Gasteiger partial charge on any atom is -0.302 e. The molecule has 3 rings (SSSR count). The Kier molecular flexibility index (Phi) is 6.17. The standard InChI is InChI=1S/C20H16BrClN2O3S/c1-28(26,27)17-9-10-19(22)18(12-17)20(25)24(13-15-4-2-3-11-23-15)16-7-5-14(21)6-8-16/h2-12H,13H2,1H3. The quantitative estimate of drug-likeness (QED) is 0.530. The van der Waals surface area contributed by atoms with Crippen LogP contribution in [0.25, 0.3) is 0 Å². The van der Waals surface area contributed by atoms with Crippen LogP contribution < -0.4 is 4.90 Å². The molecule has 0 spiro atoms. The number of carbonyl (C=O) groups excluding carboxylic acids is 1. The van der Waals surface area contributed by atoms with Crippen LogP contribution >= 0.6 is 27.5 Å². The van der Waals surface area contributed by atoms with Crippen molar-refractivity contribution in [1.29, 1.82) is 0 Å². The number of hydrogen-bond donors (Lipinski definition) is 0. The van der Waals surface area contributed by atoms with Gasteiger partial charge >= 0.3 is 0 Å². The molecule has 1 aromatic heterocycles. The maximum Gasteiger partial charge on any atom is 0.260 e. The van der Waals surface area contributed by atoms with Crippen LogP contribution in [-0.4, -0.2) is 25.6 Å². The molecular formula is C20H16BrClN2O3S. The zero-order valence-electron chi connectivity index (χ0n) is 14.8. The number of hydrogen-bond acceptors (Lipinski definition) is 4. The average molecular weight is 480 g/mol. The largest absolute Gasteiger partial charge is 0.302 e. The fourth-order valence-corrected chi connectivity index (χ4v) is 3.71. The molecule has 0 aliphatic rings. The third kappa shape index (κ3) is 4.79. The Morgan fingerprint density at radius 2 is 1.82 bits per heavy atom. The summed E-state index contributed by atoms with van der Waals surface area (Å²) in [6.07, 6.45) is 2.74. The van der Waals surface area contributed by atoms with Crippen molar-refractivity contribution in [3.8, 4) is 0 Å². The lowest BCUT2D eigenvalue weighted by molar-refractivity contribution is 0.0984. The first-order chi connectivity index (χ1) is 13.3. The Balaban J connectivity index is 2.07. The van der Waals surface area contributed by atoms with Crippen LogP contribution in [0.15, 0.2) is 76.2 Å². The minimum atomic E-state index is -3.48. The Hall–Kier alpha value is -2.22. The summed E-state index contributed by atoms with van der Waals surface area (Å²) in [5, 5.41) is 0.181. The fraction of sp³-hybridized carbons (Fsp3) is 0.100. The number of amides is 1. The number of pyridine rings is 1. The second-order valence-corrected chi connectivity index (χ2v) is 9.44. The molecule has 5 nitrogen and oxygen atoms in total. The summed E-state index contributed by atoms with van der Waals surface area (Å²) in [7, 11) is -3.48. The van der Waals surface area contributed by atoms with Gasteiger partial charge < -0.3 is 4.90 Å². The lowest BCUT2D eigenvalue weighted by Crippen LogP contribution is -2.31. The number of nitrogens with zero attached hydrogens (tertiary/aromatic N) is 2. The van der Waals surface area contributed by atoms with Crippen molar-refractivity contribution in [2.24, 2.45) is 0 Å². The first-order valence-corrected chi connectivity index (χ1v) is 11.3. The van der Waals surface area contributed by atoms with Gasteiger partial charge in [0.1, 0.15) is 0 Å². The third-order valence-corrected chi connectivity index (χ3v) is 5.99. The lowest BCUT2D eigenvalue weighted by Gasteiger charge is -2.23. The highest BCUT2D eigenvalue weighted by atomic mass is 79.9. The van der Waals surface area contributed by atoms with E-state index in [1.165, 1.54) is 23.1 Å². The Morgan fingerprint density at radius 1 is 1.11 bits per heavy atom. The van der Waals surface area contributed by atoms with Crippen LogP contribution in [0.1, 0.15) is 16.1 Å². The van der Waals surface area contributed by atoms with E-state index in [9.17, 15) is 13.2 Å².